The number of anilines is 1. The summed E-state index contributed by atoms with van der Waals surface area (Å²) in [6, 6.07) is 18.9. The Morgan fingerprint density at radius 3 is 2.09 bits per heavy atom. The van der Waals surface area contributed by atoms with Crippen LogP contribution >= 0.6 is 15.9 Å². The molecule has 178 valence electrons. The Kier molecular flexibility index (Phi) is 8.67. The highest BCUT2D eigenvalue weighted by Crippen LogP contribution is 2.41. The molecule has 3 rings (SSSR count). The predicted molar refractivity (Wildman–Crippen MR) is 138 cm³/mol. The maximum Gasteiger partial charge on any atom is 0.259 e. The van der Waals surface area contributed by atoms with Crippen molar-refractivity contribution in [3.63, 3.8) is 0 Å². The second kappa shape index (κ2) is 11.7. The van der Waals surface area contributed by atoms with E-state index in [9.17, 15) is 9.59 Å². The Bertz CT molecular complexity index is 1150. The highest BCUT2D eigenvalue weighted by Gasteiger charge is 2.25. The van der Waals surface area contributed by atoms with Crippen LogP contribution in [0.1, 0.15) is 20.7 Å². The summed E-state index contributed by atoms with van der Waals surface area (Å²) in [5, 5.41) is 5.73. The first kappa shape index (κ1) is 25.3. The normalized spacial score (nSPS) is 10.6. The molecule has 2 amide bonds. The lowest BCUT2D eigenvalue weighted by Gasteiger charge is -2.19. The summed E-state index contributed by atoms with van der Waals surface area (Å²) in [6.45, 7) is 1.12. The van der Waals surface area contributed by atoms with Gasteiger partial charge in [0, 0.05) is 18.7 Å². The molecular weight excluding hydrogens is 498 g/mol. The third kappa shape index (κ3) is 5.95. The number of carbonyl (C=O) groups excluding carboxylic acids is 2. The van der Waals surface area contributed by atoms with Crippen molar-refractivity contribution < 1.29 is 19.1 Å². The third-order valence-corrected chi connectivity index (χ3v) is 5.76. The lowest BCUT2D eigenvalue weighted by molar-refractivity contribution is 0.0943. The number of benzene rings is 3. The summed E-state index contributed by atoms with van der Waals surface area (Å²) in [6.07, 6.45) is 0. The number of hydrogen-bond donors (Lipinski definition) is 2. The minimum atomic E-state index is -0.362. The Labute approximate surface area is 208 Å². The van der Waals surface area contributed by atoms with Crippen LogP contribution in [0, 0.1) is 0 Å². The molecule has 0 saturated heterocycles. The molecule has 34 heavy (non-hydrogen) atoms. The van der Waals surface area contributed by atoms with E-state index in [1.165, 1.54) is 14.2 Å². The van der Waals surface area contributed by atoms with Crippen molar-refractivity contribution in [2.45, 2.75) is 0 Å². The van der Waals surface area contributed by atoms with E-state index in [2.05, 4.69) is 26.6 Å². The van der Waals surface area contributed by atoms with Crippen LogP contribution in [0.25, 0.3) is 11.1 Å². The molecule has 0 aliphatic rings. The van der Waals surface area contributed by atoms with Crippen molar-refractivity contribution in [1.29, 1.82) is 0 Å². The molecule has 3 aromatic rings. The number of amides is 2. The summed E-state index contributed by atoms with van der Waals surface area (Å²) >= 11 is 3.44. The van der Waals surface area contributed by atoms with E-state index in [0.717, 1.165) is 11.1 Å². The van der Waals surface area contributed by atoms with Crippen LogP contribution in [0.15, 0.2) is 65.1 Å². The third-order valence-electron chi connectivity index (χ3n) is 5.17. The smallest absolute Gasteiger partial charge is 0.259 e. The van der Waals surface area contributed by atoms with Crippen molar-refractivity contribution in [2.24, 2.45) is 0 Å². The Morgan fingerprint density at radius 1 is 0.882 bits per heavy atom. The second-order valence-electron chi connectivity index (χ2n) is 7.80. The van der Waals surface area contributed by atoms with Gasteiger partial charge in [-0.3, -0.25) is 9.59 Å². The van der Waals surface area contributed by atoms with Gasteiger partial charge in [-0.25, -0.2) is 0 Å². The fourth-order valence-electron chi connectivity index (χ4n) is 3.45. The molecule has 3 aromatic carbocycles. The monoisotopic (exact) mass is 525 g/mol. The molecule has 0 aliphatic carbocycles. The lowest BCUT2D eigenvalue weighted by Crippen LogP contribution is -2.32. The van der Waals surface area contributed by atoms with Crippen molar-refractivity contribution in [3.8, 4) is 22.6 Å². The average molecular weight is 526 g/mol. The molecule has 0 atom stereocenters. The summed E-state index contributed by atoms with van der Waals surface area (Å²) in [5.41, 5.74) is 3.11. The maximum atomic E-state index is 13.0. The maximum absolute atomic E-state index is 13.0. The van der Waals surface area contributed by atoms with E-state index in [1.807, 2.05) is 61.5 Å². The zero-order valence-corrected chi connectivity index (χ0v) is 21.2. The minimum Gasteiger partial charge on any atom is -0.495 e. The van der Waals surface area contributed by atoms with Crippen LogP contribution in [0.4, 0.5) is 5.69 Å². The zero-order valence-electron chi connectivity index (χ0n) is 19.6. The van der Waals surface area contributed by atoms with Gasteiger partial charge >= 0.3 is 0 Å². The van der Waals surface area contributed by atoms with Gasteiger partial charge in [0.1, 0.15) is 11.3 Å². The topological polar surface area (TPSA) is 79.9 Å². The first-order chi connectivity index (χ1) is 16.3. The number of likely N-dealkylation sites (N-methyl/N-ethyl adjacent to an activating group) is 1. The molecule has 7 nitrogen and oxygen atoms in total. The van der Waals surface area contributed by atoms with Crippen molar-refractivity contribution >= 4 is 33.4 Å². The number of ether oxygens (including phenoxy) is 2. The SMILES string of the molecule is COc1c(Br)cc(NC(=O)c2ccc(-c3ccccc3)cc2)c(OC)c1C(=O)NCCN(C)C. The molecule has 0 aromatic heterocycles. The van der Waals surface area contributed by atoms with Gasteiger partial charge in [-0.1, -0.05) is 42.5 Å². The minimum absolute atomic E-state index is 0.202. The summed E-state index contributed by atoms with van der Waals surface area (Å²) in [4.78, 5) is 28.0. The summed E-state index contributed by atoms with van der Waals surface area (Å²) in [7, 11) is 6.77. The highest BCUT2D eigenvalue weighted by atomic mass is 79.9. The fourth-order valence-corrected chi connectivity index (χ4v) is 4.04. The van der Waals surface area contributed by atoms with E-state index in [1.54, 1.807) is 18.2 Å². The molecule has 0 heterocycles. The molecule has 8 heteroatoms. The molecular formula is C26H28BrN3O4. The number of carbonyl (C=O) groups is 2. The Morgan fingerprint density at radius 2 is 1.50 bits per heavy atom. The van der Waals surface area contributed by atoms with Gasteiger partial charge in [0.25, 0.3) is 11.8 Å². The standard InChI is InChI=1S/C26H28BrN3O4/c1-30(2)15-14-28-26(32)22-23(33-3)20(27)16-21(24(22)34-4)29-25(31)19-12-10-18(11-13-19)17-8-6-5-7-9-17/h5-13,16H,14-15H2,1-4H3,(H,28,32)(H,29,31). The molecule has 0 unspecified atom stereocenters. The first-order valence-corrected chi connectivity index (χ1v) is 11.5. The quantitative estimate of drug-likeness (QED) is 0.424. The molecule has 2 N–H and O–H groups in total. The van der Waals surface area contributed by atoms with Crippen molar-refractivity contribution in [2.75, 3.05) is 46.7 Å². The molecule has 0 spiro atoms. The molecule has 0 saturated carbocycles. The van der Waals surface area contributed by atoms with Gasteiger partial charge in [-0.05, 0) is 59.4 Å². The van der Waals surface area contributed by atoms with Crippen LogP contribution in [0.3, 0.4) is 0 Å². The van der Waals surface area contributed by atoms with Crippen LogP contribution in [-0.4, -0.2) is 58.1 Å². The molecule has 0 fully saturated rings. The summed E-state index contributed by atoms with van der Waals surface area (Å²) < 4.78 is 11.5. The molecule has 0 radical (unpaired) electrons. The van der Waals surface area contributed by atoms with Crippen molar-refractivity contribution in [3.05, 3.63) is 76.3 Å². The first-order valence-electron chi connectivity index (χ1n) is 10.7. The average Bonchev–Trinajstić information content (AvgIpc) is 2.84. The number of rotatable bonds is 9. The van der Waals surface area contributed by atoms with E-state index < -0.39 is 0 Å². The molecule has 0 aliphatic heterocycles. The zero-order chi connectivity index (χ0) is 24.7. The van der Waals surface area contributed by atoms with Crippen LogP contribution in [0.2, 0.25) is 0 Å². The van der Waals surface area contributed by atoms with Gasteiger partial charge in [0.05, 0.1) is 24.4 Å². The van der Waals surface area contributed by atoms with Crippen LogP contribution in [0.5, 0.6) is 11.5 Å². The van der Waals surface area contributed by atoms with Gasteiger partial charge in [0.2, 0.25) is 0 Å². The van der Waals surface area contributed by atoms with E-state index in [0.29, 0.717) is 34.6 Å². The number of nitrogens with zero attached hydrogens (tertiary/aromatic N) is 1. The number of halogens is 1. The number of hydrogen-bond acceptors (Lipinski definition) is 5. The lowest BCUT2D eigenvalue weighted by atomic mass is 10.0. The number of nitrogens with one attached hydrogen (secondary N) is 2. The number of methoxy groups -OCH3 is 2. The predicted octanol–water partition coefficient (Wildman–Crippen LogP) is 4.68. The summed E-state index contributed by atoms with van der Waals surface area (Å²) in [5.74, 6) is -0.144. The Hall–Kier alpha value is -3.36. The highest BCUT2D eigenvalue weighted by molar-refractivity contribution is 9.10. The van der Waals surface area contributed by atoms with E-state index in [-0.39, 0.29) is 23.1 Å². The van der Waals surface area contributed by atoms with Crippen molar-refractivity contribution in [1.82, 2.24) is 10.2 Å². The van der Waals surface area contributed by atoms with Gasteiger partial charge in [-0.2, -0.15) is 0 Å². The van der Waals surface area contributed by atoms with E-state index in [4.69, 9.17) is 9.47 Å². The largest absolute Gasteiger partial charge is 0.495 e. The van der Waals surface area contributed by atoms with Crippen LogP contribution in [-0.2, 0) is 0 Å². The fraction of sp³-hybridized carbons (Fsp3) is 0.231. The van der Waals surface area contributed by atoms with Crippen LogP contribution < -0.4 is 20.1 Å². The van der Waals surface area contributed by atoms with E-state index >= 15 is 0 Å². The second-order valence-corrected chi connectivity index (χ2v) is 8.66. The van der Waals surface area contributed by atoms with Gasteiger partial charge in [0.15, 0.2) is 5.75 Å². The molecule has 0 bridgehead atoms. The van der Waals surface area contributed by atoms with Gasteiger partial charge in [-0.15, -0.1) is 0 Å². The Balaban J connectivity index is 1.88. The van der Waals surface area contributed by atoms with Gasteiger partial charge < -0.3 is 25.0 Å².